The highest BCUT2D eigenvalue weighted by atomic mass is 19.1. The molecule has 0 saturated heterocycles. The first-order chi connectivity index (χ1) is 8.38. The van der Waals surface area contributed by atoms with Crippen molar-refractivity contribution in [1.82, 2.24) is 9.78 Å². The second kappa shape index (κ2) is 4.53. The molecule has 0 bridgehead atoms. The molecule has 1 atom stereocenters. The Balaban J connectivity index is 2.26. The maximum atomic E-state index is 13.5. The Kier molecular flexibility index (Phi) is 3.22. The summed E-state index contributed by atoms with van der Waals surface area (Å²) in [6, 6.07) is 6.66. The van der Waals surface area contributed by atoms with Crippen LogP contribution in [0.4, 0.5) is 4.39 Å². The van der Waals surface area contributed by atoms with Crippen molar-refractivity contribution in [2.24, 2.45) is 7.05 Å². The first-order valence-corrected chi connectivity index (χ1v) is 5.86. The maximum absolute atomic E-state index is 13.5. The van der Waals surface area contributed by atoms with E-state index in [9.17, 15) is 9.50 Å². The van der Waals surface area contributed by atoms with Gasteiger partial charge in [-0.25, -0.2) is 4.39 Å². The fourth-order valence-electron chi connectivity index (χ4n) is 1.94. The van der Waals surface area contributed by atoms with Crippen molar-refractivity contribution in [2.45, 2.75) is 25.9 Å². The molecule has 1 heterocycles. The predicted octanol–water partition coefficient (Wildman–Crippen LogP) is 2.32. The van der Waals surface area contributed by atoms with Crippen molar-refractivity contribution in [1.29, 1.82) is 0 Å². The van der Waals surface area contributed by atoms with Gasteiger partial charge in [0.15, 0.2) is 0 Å². The third-order valence-electron chi connectivity index (χ3n) is 3.09. The molecule has 4 heteroatoms. The Labute approximate surface area is 106 Å². The lowest BCUT2D eigenvalue weighted by molar-refractivity contribution is 0.0561. The number of hydrogen-bond acceptors (Lipinski definition) is 2. The second-order valence-electron chi connectivity index (χ2n) is 4.90. The zero-order valence-corrected chi connectivity index (χ0v) is 10.8. The van der Waals surface area contributed by atoms with Crippen LogP contribution < -0.4 is 0 Å². The Morgan fingerprint density at radius 3 is 2.67 bits per heavy atom. The van der Waals surface area contributed by atoms with E-state index < -0.39 is 5.60 Å². The third-order valence-corrected chi connectivity index (χ3v) is 3.09. The average Bonchev–Trinajstić information content (AvgIpc) is 2.67. The number of benzene rings is 1. The number of nitrogens with zero attached hydrogens (tertiary/aromatic N) is 2. The van der Waals surface area contributed by atoms with Crippen LogP contribution in [0.1, 0.15) is 23.7 Å². The zero-order chi connectivity index (χ0) is 13.3. The summed E-state index contributed by atoms with van der Waals surface area (Å²) in [6.45, 7) is 3.37. The van der Waals surface area contributed by atoms with E-state index in [0.29, 0.717) is 17.5 Å². The lowest BCUT2D eigenvalue weighted by Gasteiger charge is -2.23. The summed E-state index contributed by atoms with van der Waals surface area (Å²) in [4.78, 5) is 0. The molecule has 0 fully saturated rings. The minimum atomic E-state index is -1.12. The highest BCUT2D eigenvalue weighted by Gasteiger charge is 2.25. The Hall–Kier alpha value is -1.68. The molecule has 1 unspecified atom stereocenters. The Morgan fingerprint density at radius 1 is 1.39 bits per heavy atom. The van der Waals surface area contributed by atoms with Crippen molar-refractivity contribution >= 4 is 0 Å². The van der Waals surface area contributed by atoms with Crippen molar-refractivity contribution in [3.05, 3.63) is 53.1 Å². The molecule has 2 rings (SSSR count). The highest BCUT2D eigenvalue weighted by Crippen LogP contribution is 2.26. The van der Waals surface area contributed by atoms with E-state index in [1.165, 1.54) is 6.07 Å². The fourth-order valence-corrected chi connectivity index (χ4v) is 1.94. The Bertz CT molecular complexity index is 561. The first-order valence-electron chi connectivity index (χ1n) is 5.86. The summed E-state index contributed by atoms with van der Waals surface area (Å²) in [5.41, 5.74) is 0.801. The summed E-state index contributed by atoms with van der Waals surface area (Å²) in [5, 5.41) is 14.7. The van der Waals surface area contributed by atoms with E-state index in [1.807, 2.05) is 19.3 Å². The van der Waals surface area contributed by atoms with Gasteiger partial charge < -0.3 is 5.11 Å². The van der Waals surface area contributed by atoms with E-state index in [0.717, 1.165) is 5.69 Å². The first kappa shape index (κ1) is 12.8. The van der Waals surface area contributed by atoms with Crippen LogP contribution in [0.5, 0.6) is 0 Å². The molecule has 0 aliphatic heterocycles. The number of aromatic nitrogens is 2. The van der Waals surface area contributed by atoms with Gasteiger partial charge in [-0.15, -0.1) is 0 Å². The van der Waals surface area contributed by atoms with Gasteiger partial charge in [-0.2, -0.15) is 5.10 Å². The van der Waals surface area contributed by atoms with E-state index in [-0.39, 0.29) is 5.82 Å². The molecular weight excluding hydrogens is 231 g/mol. The smallest absolute Gasteiger partial charge is 0.126 e. The number of rotatable bonds is 3. The molecule has 0 saturated carbocycles. The van der Waals surface area contributed by atoms with Gasteiger partial charge in [0.2, 0.25) is 0 Å². The summed E-state index contributed by atoms with van der Waals surface area (Å²) in [5.74, 6) is -0.297. The van der Waals surface area contributed by atoms with E-state index >= 15 is 0 Å². The molecule has 1 aromatic carbocycles. The van der Waals surface area contributed by atoms with Gasteiger partial charge in [0.1, 0.15) is 5.82 Å². The van der Waals surface area contributed by atoms with E-state index in [4.69, 9.17) is 0 Å². The van der Waals surface area contributed by atoms with Gasteiger partial charge in [0, 0.05) is 19.7 Å². The third kappa shape index (κ3) is 2.59. The Morgan fingerprint density at radius 2 is 2.11 bits per heavy atom. The zero-order valence-electron chi connectivity index (χ0n) is 10.8. The van der Waals surface area contributed by atoms with Crippen LogP contribution in [0, 0.1) is 12.7 Å². The SMILES string of the molecule is Cc1ccc(C(C)(O)Cc2ccn(C)n2)cc1F. The fraction of sp³-hybridized carbons (Fsp3) is 0.357. The summed E-state index contributed by atoms with van der Waals surface area (Å²) in [6.07, 6.45) is 2.18. The van der Waals surface area contributed by atoms with Crippen LogP contribution in [0.3, 0.4) is 0 Å². The van der Waals surface area contributed by atoms with Gasteiger partial charge in [-0.3, -0.25) is 4.68 Å². The minimum absolute atomic E-state index is 0.297. The van der Waals surface area contributed by atoms with Crippen molar-refractivity contribution < 1.29 is 9.50 Å². The number of halogens is 1. The topological polar surface area (TPSA) is 38.0 Å². The van der Waals surface area contributed by atoms with Crippen LogP contribution in [0.2, 0.25) is 0 Å². The molecule has 1 N–H and O–H groups in total. The number of aliphatic hydroxyl groups is 1. The molecular formula is C14H17FN2O. The largest absolute Gasteiger partial charge is 0.385 e. The minimum Gasteiger partial charge on any atom is -0.385 e. The van der Waals surface area contributed by atoms with Gasteiger partial charge in [0.05, 0.1) is 11.3 Å². The monoisotopic (exact) mass is 248 g/mol. The lowest BCUT2D eigenvalue weighted by atomic mass is 9.90. The van der Waals surface area contributed by atoms with Gasteiger partial charge >= 0.3 is 0 Å². The molecule has 0 spiro atoms. The molecule has 0 aliphatic rings. The van der Waals surface area contributed by atoms with Crippen LogP contribution in [-0.4, -0.2) is 14.9 Å². The van der Waals surface area contributed by atoms with Gasteiger partial charge in [-0.1, -0.05) is 12.1 Å². The van der Waals surface area contributed by atoms with Crippen molar-refractivity contribution in [3.8, 4) is 0 Å². The molecule has 0 aliphatic carbocycles. The average molecular weight is 248 g/mol. The quantitative estimate of drug-likeness (QED) is 0.905. The molecule has 0 amide bonds. The van der Waals surface area contributed by atoms with Crippen LogP contribution in [0.15, 0.2) is 30.5 Å². The van der Waals surface area contributed by atoms with Crippen LogP contribution in [-0.2, 0) is 19.1 Å². The maximum Gasteiger partial charge on any atom is 0.126 e. The van der Waals surface area contributed by atoms with Crippen molar-refractivity contribution in [2.75, 3.05) is 0 Å². The number of hydrogen-bond donors (Lipinski definition) is 1. The molecule has 3 nitrogen and oxygen atoms in total. The molecule has 96 valence electrons. The summed E-state index contributed by atoms with van der Waals surface area (Å²) >= 11 is 0. The van der Waals surface area contributed by atoms with Crippen LogP contribution in [0.25, 0.3) is 0 Å². The predicted molar refractivity (Wildman–Crippen MR) is 67.6 cm³/mol. The molecule has 1 aromatic heterocycles. The normalized spacial score (nSPS) is 14.5. The second-order valence-corrected chi connectivity index (χ2v) is 4.90. The molecule has 2 aromatic rings. The molecule has 18 heavy (non-hydrogen) atoms. The van der Waals surface area contributed by atoms with Gasteiger partial charge in [0.25, 0.3) is 0 Å². The lowest BCUT2D eigenvalue weighted by Crippen LogP contribution is -2.24. The molecule has 0 radical (unpaired) electrons. The van der Waals surface area contributed by atoms with Gasteiger partial charge in [-0.05, 0) is 37.1 Å². The summed E-state index contributed by atoms with van der Waals surface area (Å²) in [7, 11) is 1.82. The van der Waals surface area contributed by atoms with E-state index in [1.54, 1.807) is 30.7 Å². The standard InChI is InChI=1S/C14H17FN2O/c1-10-4-5-11(8-13(10)15)14(2,18)9-12-6-7-17(3)16-12/h4-8,18H,9H2,1-3H3. The summed E-state index contributed by atoms with van der Waals surface area (Å²) < 4.78 is 15.2. The van der Waals surface area contributed by atoms with Crippen LogP contribution >= 0.6 is 0 Å². The highest BCUT2D eigenvalue weighted by molar-refractivity contribution is 5.28. The van der Waals surface area contributed by atoms with E-state index in [2.05, 4.69) is 5.10 Å². The van der Waals surface area contributed by atoms with Crippen molar-refractivity contribution in [3.63, 3.8) is 0 Å². The number of aryl methyl sites for hydroxylation is 2.